The molecule has 1 fully saturated rings. The molecule has 32 heavy (non-hydrogen) atoms. The van der Waals surface area contributed by atoms with Crippen LogP contribution in [0.15, 0.2) is 65.5 Å². The van der Waals surface area contributed by atoms with Gasteiger partial charge in [-0.3, -0.25) is 14.2 Å². The second kappa shape index (κ2) is 9.87. The van der Waals surface area contributed by atoms with E-state index >= 15 is 0 Å². The standard InChI is InChI=1S/C24H26ClN5O2/c1-18-15-23(32)30(17-22(31)26-16-19-7-9-20(25)10-8-19)24(27-18)29-13-11-28(12-14-29)21-5-3-2-4-6-21/h2-10,15H,11-14,16-17H2,1H3,(H,26,31). The molecule has 0 unspecified atom stereocenters. The van der Waals surface area contributed by atoms with E-state index < -0.39 is 0 Å². The minimum atomic E-state index is -0.239. The molecule has 7 nitrogen and oxygen atoms in total. The molecule has 1 aliphatic heterocycles. The van der Waals surface area contributed by atoms with Crippen molar-refractivity contribution in [3.63, 3.8) is 0 Å². The van der Waals surface area contributed by atoms with Gasteiger partial charge < -0.3 is 15.1 Å². The molecule has 0 bridgehead atoms. The van der Waals surface area contributed by atoms with E-state index in [2.05, 4.69) is 32.2 Å². The number of benzene rings is 2. The number of carbonyl (C=O) groups is 1. The fraction of sp³-hybridized carbons (Fsp3) is 0.292. The van der Waals surface area contributed by atoms with Crippen molar-refractivity contribution >= 4 is 29.1 Å². The van der Waals surface area contributed by atoms with Crippen LogP contribution < -0.4 is 20.7 Å². The van der Waals surface area contributed by atoms with Crippen LogP contribution in [0.2, 0.25) is 5.02 Å². The summed E-state index contributed by atoms with van der Waals surface area (Å²) >= 11 is 5.91. The number of halogens is 1. The molecule has 1 N–H and O–H groups in total. The van der Waals surface area contributed by atoms with Gasteiger partial charge in [0.1, 0.15) is 6.54 Å². The summed E-state index contributed by atoms with van der Waals surface area (Å²) in [5.74, 6) is 0.307. The molecule has 1 saturated heterocycles. The molecule has 0 radical (unpaired) electrons. The molecule has 2 aromatic carbocycles. The lowest BCUT2D eigenvalue weighted by atomic mass is 10.2. The molecule has 4 rings (SSSR count). The Bertz CT molecular complexity index is 1120. The van der Waals surface area contributed by atoms with E-state index in [1.54, 1.807) is 19.1 Å². The second-order valence-corrected chi connectivity index (χ2v) is 8.27. The van der Waals surface area contributed by atoms with Crippen molar-refractivity contribution in [3.05, 3.63) is 87.3 Å². The Hall–Kier alpha value is -3.32. The first kappa shape index (κ1) is 21.9. The first-order valence-corrected chi connectivity index (χ1v) is 11.0. The molecule has 1 aromatic heterocycles. The number of anilines is 2. The SMILES string of the molecule is Cc1cc(=O)n(CC(=O)NCc2ccc(Cl)cc2)c(N2CCN(c3ccccc3)CC2)n1. The fourth-order valence-corrected chi connectivity index (χ4v) is 3.93. The molecule has 1 aliphatic rings. The summed E-state index contributed by atoms with van der Waals surface area (Å²) in [6, 6.07) is 19.0. The zero-order valence-corrected chi connectivity index (χ0v) is 18.8. The van der Waals surface area contributed by atoms with E-state index in [0.717, 1.165) is 31.7 Å². The van der Waals surface area contributed by atoms with Gasteiger partial charge in [0, 0.05) is 55.2 Å². The van der Waals surface area contributed by atoms with Crippen LogP contribution in [0.3, 0.4) is 0 Å². The van der Waals surface area contributed by atoms with Crippen LogP contribution in [0.4, 0.5) is 11.6 Å². The number of piperazine rings is 1. The van der Waals surface area contributed by atoms with Crippen molar-refractivity contribution in [2.24, 2.45) is 0 Å². The summed E-state index contributed by atoms with van der Waals surface area (Å²) in [5, 5.41) is 3.52. The first-order valence-electron chi connectivity index (χ1n) is 10.6. The molecule has 0 atom stereocenters. The van der Waals surface area contributed by atoms with Gasteiger partial charge in [-0.1, -0.05) is 41.9 Å². The first-order chi connectivity index (χ1) is 15.5. The van der Waals surface area contributed by atoms with Gasteiger partial charge >= 0.3 is 0 Å². The highest BCUT2D eigenvalue weighted by Crippen LogP contribution is 2.19. The molecule has 0 spiro atoms. The maximum absolute atomic E-state index is 12.7. The average molecular weight is 452 g/mol. The van der Waals surface area contributed by atoms with Crippen molar-refractivity contribution in [2.75, 3.05) is 36.0 Å². The zero-order valence-electron chi connectivity index (χ0n) is 18.0. The Morgan fingerprint density at radius 3 is 2.34 bits per heavy atom. The highest BCUT2D eigenvalue weighted by Gasteiger charge is 2.22. The largest absolute Gasteiger partial charge is 0.368 e. The van der Waals surface area contributed by atoms with Crippen LogP contribution in [0.1, 0.15) is 11.3 Å². The fourth-order valence-electron chi connectivity index (χ4n) is 3.80. The number of amides is 1. The van der Waals surface area contributed by atoms with Gasteiger partial charge in [-0.25, -0.2) is 4.98 Å². The van der Waals surface area contributed by atoms with E-state index in [-0.39, 0.29) is 18.0 Å². The number of para-hydroxylation sites is 1. The average Bonchev–Trinajstić information content (AvgIpc) is 2.81. The number of carbonyl (C=O) groups excluding carboxylic acids is 1. The number of aromatic nitrogens is 2. The molecule has 0 aliphatic carbocycles. The third-order valence-corrected chi connectivity index (χ3v) is 5.76. The van der Waals surface area contributed by atoms with Gasteiger partial charge in [-0.15, -0.1) is 0 Å². The molecule has 166 valence electrons. The van der Waals surface area contributed by atoms with E-state index in [1.165, 1.54) is 16.3 Å². The molecule has 8 heteroatoms. The third-order valence-electron chi connectivity index (χ3n) is 5.50. The van der Waals surface area contributed by atoms with E-state index in [9.17, 15) is 9.59 Å². The molecular weight excluding hydrogens is 426 g/mol. The van der Waals surface area contributed by atoms with Gasteiger partial charge in [-0.2, -0.15) is 0 Å². The predicted molar refractivity (Wildman–Crippen MR) is 127 cm³/mol. The zero-order chi connectivity index (χ0) is 22.5. The number of nitrogens with one attached hydrogen (secondary N) is 1. The van der Waals surface area contributed by atoms with Crippen LogP contribution in [0.25, 0.3) is 0 Å². The Morgan fingerprint density at radius 2 is 1.66 bits per heavy atom. The molecule has 3 aromatic rings. The molecule has 0 saturated carbocycles. The van der Waals surface area contributed by atoms with Crippen molar-refractivity contribution < 1.29 is 4.79 Å². The Kier molecular flexibility index (Phi) is 6.75. The number of hydrogen-bond donors (Lipinski definition) is 1. The van der Waals surface area contributed by atoms with Crippen LogP contribution in [0.5, 0.6) is 0 Å². The van der Waals surface area contributed by atoms with Crippen molar-refractivity contribution in [1.82, 2.24) is 14.9 Å². The third kappa shape index (κ3) is 5.29. The smallest absolute Gasteiger partial charge is 0.255 e. The summed E-state index contributed by atoms with van der Waals surface area (Å²) in [6.45, 7) is 5.17. The monoisotopic (exact) mass is 451 g/mol. The van der Waals surface area contributed by atoms with Gasteiger partial charge in [0.2, 0.25) is 11.9 Å². The predicted octanol–water partition coefficient (Wildman–Crippen LogP) is 2.85. The number of aryl methyl sites for hydroxylation is 1. The maximum atomic E-state index is 12.7. The van der Waals surface area contributed by atoms with Crippen LogP contribution in [-0.4, -0.2) is 41.6 Å². The summed E-state index contributed by atoms with van der Waals surface area (Å²) < 4.78 is 1.46. The lowest BCUT2D eigenvalue weighted by Gasteiger charge is -2.37. The van der Waals surface area contributed by atoms with Crippen molar-refractivity contribution in [1.29, 1.82) is 0 Å². The number of rotatable bonds is 6. The molecule has 1 amide bonds. The summed E-state index contributed by atoms with van der Waals surface area (Å²) in [5.41, 5.74) is 2.55. The molecular formula is C24H26ClN5O2. The lowest BCUT2D eigenvalue weighted by Crippen LogP contribution is -2.49. The van der Waals surface area contributed by atoms with Crippen LogP contribution >= 0.6 is 11.6 Å². The number of nitrogens with zero attached hydrogens (tertiary/aromatic N) is 4. The van der Waals surface area contributed by atoms with Gasteiger partial charge in [-0.05, 0) is 36.8 Å². The maximum Gasteiger partial charge on any atom is 0.255 e. The Morgan fingerprint density at radius 1 is 1.00 bits per heavy atom. The van der Waals surface area contributed by atoms with Gasteiger partial charge in [0.05, 0.1) is 0 Å². The van der Waals surface area contributed by atoms with Crippen LogP contribution in [-0.2, 0) is 17.9 Å². The van der Waals surface area contributed by atoms with Gasteiger partial charge in [0.25, 0.3) is 5.56 Å². The van der Waals surface area contributed by atoms with Crippen LogP contribution in [0, 0.1) is 6.92 Å². The minimum Gasteiger partial charge on any atom is -0.368 e. The van der Waals surface area contributed by atoms with E-state index in [4.69, 9.17) is 11.6 Å². The summed E-state index contributed by atoms with van der Waals surface area (Å²) in [4.78, 5) is 34.3. The minimum absolute atomic E-state index is 0.0755. The topological polar surface area (TPSA) is 70.5 Å². The van der Waals surface area contributed by atoms with E-state index in [1.807, 2.05) is 30.3 Å². The summed E-state index contributed by atoms with van der Waals surface area (Å²) in [6.07, 6.45) is 0. The molecule has 2 heterocycles. The number of hydrogen-bond acceptors (Lipinski definition) is 5. The Labute approximate surface area is 192 Å². The van der Waals surface area contributed by atoms with E-state index in [0.29, 0.717) is 23.2 Å². The second-order valence-electron chi connectivity index (χ2n) is 7.83. The van der Waals surface area contributed by atoms with Crippen molar-refractivity contribution in [2.45, 2.75) is 20.0 Å². The van der Waals surface area contributed by atoms with Gasteiger partial charge in [0.15, 0.2) is 0 Å². The van der Waals surface area contributed by atoms with Crippen molar-refractivity contribution in [3.8, 4) is 0 Å². The highest BCUT2D eigenvalue weighted by molar-refractivity contribution is 6.30. The lowest BCUT2D eigenvalue weighted by molar-refractivity contribution is -0.121. The highest BCUT2D eigenvalue weighted by atomic mass is 35.5. The quantitative estimate of drug-likeness (QED) is 0.624. The normalized spacial score (nSPS) is 13.8. The summed E-state index contributed by atoms with van der Waals surface area (Å²) in [7, 11) is 0. The Balaban J connectivity index is 1.45.